The van der Waals surface area contributed by atoms with Crippen molar-refractivity contribution in [1.82, 2.24) is 0 Å². The van der Waals surface area contributed by atoms with E-state index in [1.54, 1.807) is 0 Å². The SMILES string of the molecule is CC(C)(C)c1cc([C@H](N)C2CCOCC2)cc(C(C)(C)C)c1O. The van der Waals surface area contributed by atoms with Crippen LogP contribution in [0.4, 0.5) is 0 Å². The standard InChI is InChI=1S/C20H33NO2/c1-19(2,3)15-11-14(12-16(18(15)22)20(4,5)6)17(21)13-7-9-23-10-8-13/h11-13,17,22H,7-10,21H2,1-6H3/t17-/m1/s1. The minimum Gasteiger partial charge on any atom is -0.507 e. The summed E-state index contributed by atoms with van der Waals surface area (Å²) in [6.45, 7) is 14.4. The Balaban J connectivity index is 2.51. The lowest BCUT2D eigenvalue weighted by atomic mass is 9.76. The van der Waals surface area contributed by atoms with Crippen molar-refractivity contribution in [2.45, 2.75) is 71.3 Å². The van der Waals surface area contributed by atoms with Gasteiger partial charge in [0.25, 0.3) is 0 Å². The summed E-state index contributed by atoms with van der Waals surface area (Å²) in [6, 6.07) is 4.23. The monoisotopic (exact) mass is 319 g/mol. The lowest BCUT2D eigenvalue weighted by Gasteiger charge is -2.32. The molecule has 0 aliphatic carbocycles. The molecule has 0 saturated carbocycles. The molecule has 1 heterocycles. The van der Waals surface area contributed by atoms with Gasteiger partial charge < -0.3 is 15.6 Å². The van der Waals surface area contributed by atoms with Gasteiger partial charge in [-0.1, -0.05) is 41.5 Å². The largest absolute Gasteiger partial charge is 0.507 e. The number of ether oxygens (including phenoxy) is 1. The Labute approximate surface area is 141 Å². The van der Waals surface area contributed by atoms with Gasteiger partial charge in [-0.3, -0.25) is 0 Å². The van der Waals surface area contributed by atoms with Gasteiger partial charge in [0.15, 0.2) is 0 Å². The Hall–Kier alpha value is -1.06. The van der Waals surface area contributed by atoms with Gasteiger partial charge >= 0.3 is 0 Å². The first-order valence-corrected chi connectivity index (χ1v) is 8.73. The molecule has 3 heteroatoms. The molecule has 130 valence electrons. The molecule has 0 radical (unpaired) electrons. The van der Waals surface area contributed by atoms with Gasteiger partial charge in [-0.2, -0.15) is 0 Å². The second kappa shape index (κ2) is 6.45. The molecule has 2 rings (SSSR count). The van der Waals surface area contributed by atoms with Gasteiger partial charge in [0.1, 0.15) is 5.75 Å². The Morgan fingerprint density at radius 1 is 1.00 bits per heavy atom. The van der Waals surface area contributed by atoms with E-state index in [4.69, 9.17) is 10.5 Å². The van der Waals surface area contributed by atoms with Crippen molar-refractivity contribution in [2.24, 2.45) is 11.7 Å². The molecular weight excluding hydrogens is 286 g/mol. The number of benzene rings is 1. The predicted octanol–water partition coefficient (Wildman–Crippen LogP) is 4.41. The van der Waals surface area contributed by atoms with Crippen LogP contribution >= 0.6 is 0 Å². The average molecular weight is 319 g/mol. The highest BCUT2D eigenvalue weighted by Gasteiger charge is 2.29. The van der Waals surface area contributed by atoms with Crippen molar-refractivity contribution in [3.63, 3.8) is 0 Å². The molecule has 1 aliphatic rings. The zero-order valence-corrected chi connectivity index (χ0v) is 15.6. The average Bonchev–Trinajstić information content (AvgIpc) is 2.45. The summed E-state index contributed by atoms with van der Waals surface area (Å²) in [4.78, 5) is 0. The highest BCUT2D eigenvalue weighted by molar-refractivity contribution is 5.50. The quantitative estimate of drug-likeness (QED) is 0.848. The molecule has 0 unspecified atom stereocenters. The molecular formula is C20H33NO2. The Bertz CT molecular complexity index is 511. The third-order valence-corrected chi connectivity index (χ3v) is 4.91. The molecule has 0 amide bonds. The van der Waals surface area contributed by atoms with Crippen molar-refractivity contribution in [3.8, 4) is 5.75 Å². The summed E-state index contributed by atoms with van der Waals surface area (Å²) in [5.41, 5.74) is 9.50. The highest BCUT2D eigenvalue weighted by atomic mass is 16.5. The maximum absolute atomic E-state index is 10.8. The molecule has 1 aromatic rings. The minimum atomic E-state index is -0.116. The van der Waals surface area contributed by atoms with Crippen LogP contribution < -0.4 is 5.73 Å². The van der Waals surface area contributed by atoms with E-state index in [1.165, 1.54) is 0 Å². The van der Waals surface area contributed by atoms with E-state index in [1.807, 2.05) is 0 Å². The number of aromatic hydroxyl groups is 1. The van der Waals surface area contributed by atoms with Crippen LogP contribution in [0.2, 0.25) is 0 Å². The second-order valence-corrected chi connectivity index (χ2v) is 8.94. The van der Waals surface area contributed by atoms with E-state index in [9.17, 15) is 5.11 Å². The van der Waals surface area contributed by atoms with Crippen molar-refractivity contribution in [1.29, 1.82) is 0 Å². The summed E-state index contributed by atoms with van der Waals surface area (Å²) in [5.74, 6) is 0.877. The van der Waals surface area contributed by atoms with E-state index < -0.39 is 0 Å². The fourth-order valence-electron chi connectivity index (χ4n) is 3.34. The fraction of sp³-hybridized carbons (Fsp3) is 0.700. The van der Waals surface area contributed by atoms with Crippen molar-refractivity contribution in [3.05, 3.63) is 28.8 Å². The molecule has 1 atom stereocenters. The topological polar surface area (TPSA) is 55.5 Å². The fourth-order valence-corrected chi connectivity index (χ4v) is 3.34. The Morgan fingerprint density at radius 3 is 1.83 bits per heavy atom. The van der Waals surface area contributed by atoms with Crippen LogP contribution in [0.1, 0.15) is 77.1 Å². The van der Waals surface area contributed by atoms with Crippen LogP contribution in [-0.4, -0.2) is 18.3 Å². The maximum atomic E-state index is 10.8. The summed E-state index contributed by atoms with van der Waals surface area (Å²) in [5, 5.41) is 10.8. The third kappa shape index (κ3) is 4.07. The number of phenols is 1. The first-order chi connectivity index (χ1) is 10.5. The first-order valence-electron chi connectivity index (χ1n) is 8.73. The highest BCUT2D eigenvalue weighted by Crippen LogP contribution is 2.42. The molecule has 1 saturated heterocycles. The first kappa shape index (κ1) is 18.3. The van der Waals surface area contributed by atoms with Crippen molar-refractivity contribution >= 4 is 0 Å². The van der Waals surface area contributed by atoms with Gasteiger partial charge in [0.2, 0.25) is 0 Å². The summed E-state index contributed by atoms with van der Waals surface area (Å²) in [6.07, 6.45) is 2.02. The minimum absolute atomic E-state index is 0.00157. The molecule has 0 spiro atoms. The number of hydrogen-bond acceptors (Lipinski definition) is 3. The molecule has 1 aromatic carbocycles. The molecule has 23 heavy (non-hydrogen) atoms. The van der Waals surface area contributed by atoms with Crippen LogP contribution in [0.3, 0.4) is 0 Å². The summed E-state index contributed by atoms with van der Waals surface area (Å²) < 4.78 is 5.47. The van der Waals surface area contributed by atoms with Crippen LogP contribution in [0, 0.1) is 5.92 Å². The Morgan fingerprint density at radius 2 is 1.43 bits per heavy atom. The zero-order valence-electron chi connectivity index (χ0n) is 15.6. The smallest absolute Gasteiger partial charge is 0.123 e. The van der Waals surface area contributed by atoms with E-state index in [0.717, 1.165) is 42.7 Å². The van der Waals surface area contributed by atoms with Crippen LogP contribution in [-0.2, 0) is 15.6 Å². The molecule has 0 bridgehead atoms. The van der Waals surface area contributed by atoms with E-state index in [0.29, 0.717) is 11.7 Å². The number of rotatable bonds is 2. The van der Waals surface area contributed by atoms with Gasteiger partial charge in [0, 0.05) is 19.3 Å². The van der Waals surface area contributed by atoms with Crippen LogP contribution in [0.25, 0.3) is 0 Å². The second-order valence-electron chi connectivity index (χ2n) is 8.94. The number of hydrogen-bond donors (Lipinski definition) is 2. The van der Waals surface area contributed by atoms with Crippen molar-refractivity contribution < 1.29 is 9.84 Å². The normalized spacial score (nSPS) is 18.9. The van der Waals surface area contributed by atoms with E-state index in [-0.39, 0.29) is 16.9 Å². The Kier molecular flexibility index (Phi) is 5.12. The molecule has 3 N–H and O–H groups in total. The summed E-state index contributed by atoms with van der Waals surface area (Å²) >= 11 is 0. The lowest BCUT2D eigenvalue weighted by Crippen LogP contribution is -2.28. The van der Waals surface area contributed by atoms with Gasteiger partial charge in [0.05, 0.1) is 0 Å². The molecule has 3 nitrogen and oxygen atoms in total. The molecule has 1 fully saturated rings. The maximum Gasteiger partial charge on any atom is 0.123 e. The van der Waals surface area contributed by atoms with Gasteiger partial charge in [-0.25, -0.2) is 0 Å². The summed E-state index contributed by atoms with van der Waals surface area (Å²) in [7, 11) is 0. The van der Waals surface area contributed by atoms with E-state index in [2.05, 4.69) is 53.7 Å². The van der Waals surface area contributed by atoms with Crippen molar-refractivity contribution in [2.75, 3.05) is 13.2 Å². The zero-order chi connectivity index (χ0) is 17.4. The lowest BCUT2D eigenvalue weighted by molar-refractivity contribution is 0.0583. The van der Waals surface area contributed by atoms with Gasteiger partial charge in [-0.05, 0) is 58.4 Å². The van der Waals surface area contributed by atoms with E-state index >= 15 is 0 Å². The predicted molar refractivity (Wildman–Crippen MR) is 96.0 cm³/mol. The molecule has 1 aliphatic heterocycles. The van der Waals surface area contributed by atoms with Crippen LogP contribution in [0.15, 0.2) is 12.1 Å². The number of phenolic OH excluding ortho intramolecular Hbond substituents is 1. The molecule has 0 aromatic heterocycles. The number of nitrogens with two attached hydrogens (primary N) is 1. The van der Waals surface area contributed by atoms with Gasteiger partial charge in [-0.15, -0.1) is 0 Å². The van der Waals surface area contributed by atoms with Crippen LogP contribution in [0.5, 0.6) is 5.75 Å². The third-order valence-electron chi connectivity index (χ3n) is 4.91.